The molecule has 0 spiro atoms. The van der Waals surface area contributed by atoms with Crippen molar-refractivity contribution in [2.45, 2.75) is 18.2 Å². The molecule has 0 fully saturated rings. The smallest absolute Gasteiger partial charge is 0.259 e. The lowest BCUT2D eigenvalue weighted by Crippen LogP contribution is -2.30. The zero-order valence-corrected chi connectivity index (χ0v) is 15.0. The van der Waals surface area contributed by atoms with Crippen LogP contribution in [-0.2, 0) is 16.3 Å². The normalized spacial score (nSPS) is 13.9. The summed E-state index contributed by atoms with van der Waals surface area (Å²) in [5, 5.41) is 0. The number of fused-ring (bicyclic) bond motifs is 1. The number of nitrogens with zero attached hydrogens (tertiary/aromatic N) is 1. The van der Waals surface area contributed by atoms with E-state index < -0.39 is 9.84 Å². The molecule has 0 N–H and O–H groups in total. The Morgan fingerprint density at radius 3 is 2.70 bits per heavy atom. The molecule has 0 aliphatic carbocycles. The molecule has 6 heteroatoms. The molecule has 2 aromatic carbocycles. The van der Waals surface area contributed by atoms with Crippen LogP contribution >= 0.6 is 15.9 Å². The van der Waals surface area contributed by atoms with Gasteiger partial charge in [-0.3, -0.25) is 4.79 Å². The second-order valence-electron chi connectivity index (χ2n) is 5.38. The van der Waals surface area contributed by atoms with Gasteiger partial charge in [0.25, 0.3) is 5.91 Å². The summed E-state index contributed by atoms with van der Waals surface area (Å²) in [6.45, 7) is 2.14. The zero-order valence-electron chi connectivity index (χ0n) is 12.6. The Balaban J connectivity index is 2.04. The van der Waals surface area contributed by atoms with E-state index in [4.69, 9.17) is 0 Å². The minimum atomic E-state index is -3.44. The van der Waals surface area contributed by atoms with Gasteiger partial charge >= 0.3 is 0 Å². The molecule has 0 saturated heterocycles. The van der Waals surface area contributed by atoms with Gasteiger partial charge < -0.3 is 4.90 Å². The van der Waals surface area contributed by atoms with Crippen LogP contribution in [0.4, 0.5) is 5.69 Å². The molecule has 0 radical (unpaired) electrons. The number of carbonyl (C=O) groups is 1. The largest absolute Gasteiger partial charge is 0.308 e. The van der Waals surface area contributed by atoms with Gasteiger partial charge in [0, 0.05) is 16.7 Å². The Morgan fingerprint density at radius 1 is 1.22 bits per heavy atom. The predicted octanol–water partition coefficient (Wildman–Crippen LogP) is 3.45. The van der Waals surface area contributed by atoms with Gasteiger partial charge in [-0.15, -0.1) is 0 Å². The molecule has 120 valence electrons. The van der Waals surface area contributed by atoms with E-state index in [0.717, 1.165) is 22.1 Å². The van der Waals surface area contributed by atoms with Crippen molar-refractivity contribution < 1.29 is 13.2 Å². The molecule has 0 bridgehead atoms. The second kappa shape index (κ2) is 6.09. The molecule has 1 aliphatic rings. The first-order chi connectivity index (χ1) is 10.9. The first-order valence-corrected chi connectivity index (χ1v) is 9.80. The number of carbonyl (C=O) groups excluding carboxylic acids is 1. The average Bonchev–Trinajstić information content (AvgIpc) is 2.97. The summed E-state index contributed by atoms with van der Waals surface area (Å²) in [5.74, 6) is -0.292. The number of rotatable bonds is 3. The van der Waals surface area contributed by atoms with Crippen LogP contribution in [0.15, 0.2) is 51.8 Å². The van der Waals surface area contributed by atoms with E-state index in [1.165, 1.54) is 6.07 Å². The summed E-state index contributed by atoms with van der Waals surface area (Å²) in [7, 11) is -3.44. The van der Waals surface area contributed by atoms with E-state index in [2.05, 4.69) is 15.9 Å². The van der Waals surface area contributed by atoms with E-state index in [9.17, 15) is 13.2 Å². The minimum Gasteiger partial charge on any atom is -0.308 e. The fourth-order valence-electron chi connectivity index (χ4n) is 2.80. The molecule has 23 heavy (non-hydrogen) atoms. The van der Waals surface area contributed by atoms with Crippen molar-refractivity contribution in [2.24, 2.45) is 0 Å². The third-order valence-corrected chi connectivity index (χ3v) is 6.29. The van der Waals surface area contributed by atoms with E-state index in [0.29, 0.717) is 6.54 Å². The van der Waals surface area contributed by atoms with Crippen LogP contribution in [0.5, 0.6) is 0 Å². The van der Waals surface area contributed by atoms with Crippen LogP contribution in [0.2, 0.25) is 0 Å². The van der Waals surface area contributed by atoms with Gasteiger partial charge in [-0.1, -0.05) is 35.0 Å². The number of sulfone groups is 1. The van der Waals surface area contributed by atoms with Gasteiger partial charge in [0.2, 0.25) is 0 Å². The lowest BCUT2D eigenvalue weighted by Gasteiger charge is -2.19. The Hall–Kier alpha value is -1.66. The molecule has 0 saturated carbocycles. The van der Waals surface area contributed by atoms with E-state index in [1.807, 2.05) is 18.2 Å². The highest BCUT2D eigenvalue weighted by Crippen LogP contribution is 2.32. The summed E-state index contributed by atoms with van der Waals surface area (Å²) in [5.41, 5.74) is 2.18. The van der Waals surface area contributed by atoms with Crippen LogP contribution in [0.1, 0.15) is 22.8 Å². The molecule has 0 aromatic heterocycles. The van der Waals surface area contributed by atoms with Gasteiger partial charge in [0.05, 0.1) is 16.2 Å². The lowest BCUT2D eigenvalue weighted by atomic mass is 10.1. The van der Waals surface area contributed by atoms with Crippen molar-refractivity contribution in [3.05, 3.63) is 58.1 Å². The van der Waals surface area contributed by atoms with Crippen LogP contribution in [-0.4, -0.2) is 26.6 Å². The monoisotopic (exact) mass is 393 g/mol. The summed E-state index contributed by atoms with van der Waals surface area (Å²) < 4.78 is 25.5. The number of benzene rings is 2. The average molecular weight is 394 g/mol. The highest BCUT2D eigenvalue weighted by atomic mass is 79.9. The molecule has 1 heterocycles. The van der Waals surface area contributed by atoms with Crippen LogP contribution in [0.25, 0.3) is 0 Å². The van der Waals surface area contributed by atoms with Crippen molar-refractivity contribution in [2.75, 3.05) is 17.2 Å². The maximum Gasteiger partial charge on any atom is 0.259 e. The molecule has 4 nitrogen and oxygen atoms in total. The van der Waals surface area contributed by atoms with Gasteiger partial charge in [-0.25, -0.2) is 8.42 Å². The Bertz CT molecular complexity index is 877. The summed E-state index contributed by atoms with van der Waals surface area (Å²) >= 11 is 3.43. The quantitative estimate of drug-likeness (QED) is 0.802. The van der Waals surface area contributed by atoms with Gasteiger partial charge in [0.15, 0.2) is 9.84 Å². The molecule has 1 amide bonds. The van der Waals surface area contributed by atoms with Crippen LogP contribution in [0, 0.1) is 0 Å². The first kappa shape index (κ1) is 16.2. The Kier molecular flexibility index (Phi) is 4.29. The van der Waals surface area contributed by atoms with E-state index in [1.54, 1.807) is 30.0 Å². The van der Waals surface area contributed by atoms with Crippen molar-refractivity contribution in [1.29, 1.82) is 0 Å². The maximum absolute atomic E-state index is 12.9. The van der Waals surface area contributed by atoms with Crippen molar-refractivity contribution in [3.8, 4) is 0 Å². The Morgan fingerprint density at radius 2 is 1.96 bits per heavy atom. The molecular weight excluding hydrogens is 378 g/mol. The predicted molar refractivity (Wildman–Crippen MR) is 93.7 cm³/mol. The summed E-state index contributed by atoms with van der Waals surface area (Å²) in [4.78, 5) is 14.7. The summed E-state index contributed by atoms with van der Waals surface area (Å²) in [6.07, 6.45) is 0.767. The number of hydrogen-bond acceptors (Lipinski definition) is 3. The third-order valence-electron chi connectivity index (χ3n) is 4.01. The van der Waals surface area contributed by atoms with Crippen molar-refractivity contribution in [3.63, 3.8) is 0 Å². The van der Waals surface area contributed by atoms with Crippen LogP contribution < -0.4 is 4.90 Å². The fourth-order valence-corrected chi connectivity index (χ4v) is 4.29. The highest BCUT2D eigenvalue weighted by Gasteiger charge is 2.29. The standard InChI is InChI=1S/C17H16BrNO3S/c1-2-23(21,22)16-6-4-3-5-14(16)17(20)19-10-9-12-11-13(18)7-8-15(12)19/h3-8,11H,2,9-10H2,1H3. The van der Waals surface area contributed by atoms with Crippen molar-refractivity contribution >= 4 is 37.4 Å². The maximum atomic E-state index is 12.9. The molecule has 0 atom stereocenters. The Labute approximate surface area is 144 Å². The van der Waals surface area contributed by atoms with E-state index in [-0.39, 0.29) is 22.1 Å². The minimum absolute atomic E-state index is 0.0270. The molecule has 2 aromatic rings. The van der Waals surface area contributed by atoms with Gasteiger partial charge in [0.1, 0.15) is 0 Å². The molecule has 0 unspecified atom stereocenters. The van der Waals surface area contributed by atoms with E-state index >= 15 is 0 Å². The number of anilines is 1. The number of amides is 1. The number of halogens is 1. The third kappa shape index (κ3) is 2.93. The fraction of sp³-hybridized carbons (Fsp3) is 0.235. The van der Waals surface area contributed by atoms with Crippen molar-refractivity contribution in [1.82, 2.24) is 0 Å². The molecular formula is C17H16BrNO3S. The SMILES string of the molecule is CCS(=O)(=O)c1ccccc1C(=O)N1CCc2cc(Br)ccc21. The van der Waals surface area contributed by atoms with Gasteiger partial charge in [-0.2, -0.15) is 0 Å². The lowest BCUT2D eigenvalue weighted by molar-refractivity contribution is 0.0986. The highest BCUT2D eigenvalue weighted by molar-refractivity contribution is 9.10. The number of hydrogen-bond donors (Lipinski definition) is 0. The van der Waals surface area contributed by atoms with Gasteiger partial charge in [-0.05, 0) is 42.3 Å². The molecule has 3 rings (SSSR count). The van der Waals surface area contributed by atoms with Crippen LogP contribution in [0.3, 0.4) is 0 Å². The topological polar surface area (TPSA) is 54.5 Å². The first-order valence-electron chi connectivity index (χ1n) is 7.36. The second-order valence-corrected chi connectivity index (χ2v) is 8.54. The molecule has 1 aliphatic heterocycles. The summed E-state index contributed by atoms with van der Waals surface area (Å²) in [6, 6.07) is 12.2. The zero-order chi connectivity index (χ0) is 16.6.